The van der Waals surface area contributed by atoms with Crippen LogP contribution in [0.4, 0.5) is 0 Å². The molecule has 1 N–H and O–H groups in total. The highest BCUT2D eigenvalue weighted by molar-refractivity contribution is 5.88. The number of allylic oxidation sites excluding steroid dienone is 1. The molecule has 0 bridgehead atoms. The molecular weight excluding hydrogens is 254 g/mol. The van der Waals surface area contributed by atoms with E-state index in [0.29, 0.717) is 18.9 Å². The average molecular weight is 281 g/mol. The highest BCUT2D eigenvalue weighted by Gasteiger charge is 2.24. The molecule has 0 unspecified atom stereocenters. The first-order valence-electron chi connectivity index (χ1n) is 7.39. The van der Waals surface area contributed by atoms with Gasteiger partial charge >= 0.3 is 5.97 Å². The molecule has 4 nitrogen and oxygen atoms in total. The zero-order valence-corrected chi connectivity index (χ0v) is 13.1. The lowest BCUT2D eigenvalue weighted by Crippen LogP contribution is -2.39. The van der Waals surface area contributed by atoms with E-state index in [1.807, 2.05) is 11.8 Å². The van der Waals surface area contributed by atoms with Crippen LogP contribution >= 0.6 is 0 Å². The third-order valence-corrected chi connectivity index (χ3v) is 4.12. The second-order valence-corrected chi connectivity index (χ2v) is 6.80. The maximum atomic E-state index is 12.3. The number of carboxylic acids is 1. The van der Waals surface area contributed by atoms with Gasteiger partial charge in [0.2, 0.25) is 5.91 Å². The molecule has 4 heteroatoms. The summed E-state index contributed by atoms with van der Waals surface area (Å²) in [5, 5.41) is 8.74. The van der Waals surface area contributed by atoms with Crippen LogP contribution in [0.25, 0.3) is 0 Å². The molecule has 1 saturated heterocycles. The normalized spacial score (nSPS) is 20.9. The molecule has 1 fully saturated rings. The minimum atomic E-state index is -0.753. The molecule has 0 aliphatic carbocycles. The molecule has 1 amide bonds. The van der Waals surface area contributed by atoms with Gasteiger partial charge in [-0.05, 0) is 37.5 Å². The van der Waals surface area contributed by atoms with Crippen molar-refractivity contribution in [3.8, 4) is 0 Å². The number of carboxylic acid groups (broad SMARTS) is 1. The Morgan fingerprint density at radius 2 is 2.00 bits per heavy atom. The summed E-state index contributed by atoms with van der Waals surface area (Å²) in [5.41, 5.74) is 1.09. The van der Waals surface area contributed by atoms with Gasteiger partial charge in [0.15, 0.2) is 0 Å². The third-order valence-electron chi connectivity index (χ3n) is 4.12. The van der Waals surface area contributed by atoms with Gasteiger partial charge in [0, 0.05) is 25.6 Å². The fourth-order valence-electron chi connectivity index (χ4n) is 2.32. The molecule has 1 heterocycles. The van der Waals surface area contributed by atoms with Crippen LogP contribution in [0.1, 0.15) is 53.4 Å². The van der Waals surface area contributed by atoms with Crippen molar-refractivity contribution >= 4 is 11.9 Å². The maximum Gasteiger partial charge on any atom is 0.303 e. The van der Waals surface area contributed by atoms with Crippen LogP contribution in [0, 0.1) is 11.3 Å². The van der Waals surface area contributed by atoms with E-state index in [4.69, 9.17) is 5.11 Å². The van der Waals surface area contributed by atoms with E-state index >= 15 is 0 Å². The highest BCUT2D eigenvalue weighted by atomic mass is 16.4. The lowest BCUT2D eigenvalue weighted by atomic mass is 9.87. The Balaban J connectivity index is 2.58. The fourth-order valence-corrected chi connectivity index (χ4v) is 2.32. The average Bonchev–Trinajstić information content (AvgIpc) is 2.35. The Morgan fingerprint density at radius 3 is 2.55 bits per heavy atom. The molecule has 114 valence electrons. The van der Waals surface area contributed by atoms with Crippen molar-refractivity contribution in [3.63, 3.8) is 0 Å². The van der Waals surface area contributed by atoms with Crippen LogP contribution in [0.5, 0.6) is 0 Å². The summed E-state index contributed by atoms with van der Waals surface area (Å²) >= 11 is 0. The Hall–Kier alpha value is -1.32. The van der Waals surface area contributed by atoms with Gasteiger partial charge in [-0.1, -0.05) is 26.3 Å². The standard InChI is InChI=1S/C16H27NO3/c1-12(16(2,3)4)10-14(18)17-9-5-6-13(11-17)7-8-15(19)20/h10,13H,5-9,11H2,1-4H3,(H,19,20)/b12-10-/t13-/m1/s1. The van der Waals surface area contributed by atoms with Gasteiger partial charge in [-0.15, -0.1) is 0 Å². The van der Waals surface area contributed by atoms with Gasteiger partial charge in [0.1, 0.15) is 0 Å². The number of piperidine rings is 1. The fraction of sp³-hybridized carbons (Fsp3) is 0.750. The molecule has 0 radical (unpaired) electrons. The minimum absolute atomic E-state index is 0.00809. The number of rotatable bonds is 4. The lowest BCUT2D eigenvalue weighted by molar-refractivity contribution is -0.137. The molecule has 20 heavy (non-hydrogen) atoms. The number of carbonyl (C=O) groups is 2. The van der Waals surface area contributed by atoms with Crippen LogP contribution in [-0.4, -0.2) is 35.0 Å². The zero-order chi connectivity index (χ0) is 15.3. The molecule has 0 aromatic heterocycles. The van der Waals surface area contributed by atoms with Gasteiger partial charge < -0.3 is 10.0 Å². The summed E-state index contributed by atoms with van der Waals surface area (Å²) in [6.07, 6.45) is 4.60. The van der Waals surface area contributed by atoms with E-state index in [2.05, 4.69) is 20.8 Å². The number of nitrogens with zero attached hydrogens (tertiary/aromatic N) is 1. The van der Waals surface area contributed by atoms with Gasteiger partial charge in [0.25, 0.3) is 0 Å². The van der Waals surface area contributed by atoms with Crippen molar-refractivity contribution in [1.29, 1.82) is 0 Å². The van der Waals surface area contributed by atoms with Crippen molar-refractivity contribution in [3.05, 3.63) is 11.6 Å². The number of hydrogen-bond acceptors (Lipinski definition) is 2. The summed E-state index contributed by atoms with van der Waals surface area (Å²) in [7, 11) is 0. The van der Waals surface area contributed by atoms with Crippen LogP contribution in [0.3, 0.4) is 0 Å². The molecule has 1 aliphatic heterocycles. The van der Waals surface area contributed by atoms with Crippen molar-refractivity contribution < 1.29 is 14.7 Å². The van der Waals surface area contributed by atoms with Crippen LogP contribution in [0.2, 0.25) is 0 Å². The number of amides is 1. The summed E-state index contributed by atoms with van der Waals surface area (Å²) in [6, 6.07) is 0. The largest absolute Gasteiger partial charge is 0.481 e. The highest BCUT2D eigenvalue weighted by Crippen LogP contribution is 2.26. The summed E-state index contributed by atoms with van der Waals surface area (Å²) in [5.74, 6) is -0.360. The summed E-state index contributed by atoms with van der Waals surface area (Å²) < 4.78 is 0. The van der Waals surface area contributed by atoms with Crippen molar-refractivity contribution in [1.82, 2.24) is 4.90 Å². The first kappa shape index (κ1) is 16.7. The second-order valence-electron chi connectivity index (χ2n) is 6.80. The smallest absolute Gasteiger partial charge is 0.303 e. The minimum Gasteiger partial charge on any atom is -0.481 e. The number of likely N-dealkylation sites (tertiary alicyclic amines) is 1. The van der Waals surface area contributed by atoms with Gasteiger partial charge in [0.05, 0.1) is 0 Å². The van der Waals surface area contributed by atoms with E-state index in [-0.39, 0.29) is 17.7 Å². The van der Waals surface area contributed by atoms with Crippen LogP contribution < -0.4 is 0 Å². The number of carbonyl (C=O) groups excluding carboxylic acids is 1. The van der Waals surface area contributed by atoms with E-state index in [1.54, 1.807) is 6.08 Å². The van der Waals surface area contributed by atoms with E-state index < -0.39 is 5.97 Å². The van der Waals surface area contributed by atoms with Crippen LogP contribution in [0.15, 0.2) is 11.6 Å². The van der Waals surface area contributed by atoms with Gasteiger partial charge in [-0.25, -0.2) is 0 Å². The molecule has 1 atom stereocenters. The molecule has 0 aromatic rings. The summed E-state index contributed by atoms with van der Waals surface area (Å²) in [6.45, 7) is 9.76. The lowest BCUT2D eigenvalue weighted by Gasteiger charge is -2.32. The Morgan fingerprint density at radius 1 is 1.35 bits per heavy atom. The monoisotopic (exact) mass is 281 g/mol. The Kier molecular flexibility index (Phi) is 5.78. The first-order valence-corrected chi connectivity index (χ1v) is 7.39. The Labute approximate surface area is 121 Å². The maximum absolute atomic E-state index is 12.3. The predicted octanol–water partition coefficient (Wildman–Crippen LogP) is 3.08. The quantitative estimate of drug-likeness (QED) is 0.806. The van der Waals surface area contributed by atoms with E-state index in [1.165, 1.54) is 0 Å². The van der Waals surface area contributed by atoms with Gasteiger partial charge in [-0.2, -0.15) is 0 Å². The molecular formula is C16H27NO3. The molecule has 1 rings (SSSR count). The van der Waals surface area contributed by atoms with Crippen molar-refractivity contribution in [2.75, 3.05) is 13.1 Å². The SMILES string of the molecule is C/C(=C/C(=O)N1CCC[C@H](CCC(=O)O)C1)C(C)(C)C. The van der Waals surface area contributed by atoms with Crippen LogP contribution in [-0.2, 0) is 9.59 Å². The second kappa shape index (κ2) is 6.91. The Bertz CT molecular complexity index is 393. The van der Waals surface area contributed by atoms with Crippen molar-refractivity contribution in [2.24, 2.45) is 11.3 Å². The summed E-state index contributed by atoms with van der Waals surface area (Å²) in [4.78, 5) is 24.8. The molecule has 0 saturated carbocycles. The van der Waals surface area contributed by atoms with Crippen molar-refractivity contribution in [2.45, 2.75) is 53.4 Å². The molecule has 0 aromatic carbocycles. The number of hydrogen-bond donors (Lipinski definition) is 1. The topological polar surface area (TPSA) is 57.6 Å². The molecule has 1 aliphatic rings. The first-order chi connectivity index (χ1) is 9.20. The zero-order valence-electron chi connectivity index (χ0n) is 13.1. The predicted molar refractivity (Wildman–Crippen MR) is 79.4 cm³/mol. The van der Waals surface area contributed by atoms with Gasteiger partial charge in [-0.3, -0.25) is 9.59 Å². The number of aliphatic carboxylic acids is 1. The van der Waals surface area contributed by atoms with E-state index in [0.717, 1.165) is 25.0 Å². The molecule has 0 spiro atoms. The third kappa shape index (κ3) is 5.35. The van der Waals surface area contributed by atoms with E-state index in [9.17, 15) is 9.59 Å².